The van der Waals surface area contributed by atoms with Crippen molar-refractivity contribution < 1.29 is 4.74 Å². The molecule has 0 aromatic rings. The van der Waals surface area contributed by atoms with Crippen molar-refractivity contribution in [3.8, 4) is 0 Å². The third kappa shape index (κ3) is 4.32. The Morgan fingerprint density at radius 3 is 2.89 bits per heavy atom. The minimum Gasteiger partial charge on any atom is -0.373 e. The Morgan fingerprint density at radius 2 is 2.16 bits per heavy atom. The van der Waals surface area contributed by atoms with E-state index >= 15 is 0 Å². The fraction of sp³-hybridized carbons (Fsp3) is 0.688. The lowest BCUT2D eigenvalue weighted by molar-refractivity contribution is -0.0318. The van der Waals surface area contributed by atoms with Gasteiger partial charge in [0, 0.05) is 9.81 Å². The summed E-state index contributed by atoms with van der Waals surface area (Å²) in [7, 11) is 0. The van der Waals surface area contributed by atoms with Crippen molar-refractivity contribution in [3.05, 3.63) is 28.9 Å². The van der Waals surface area contributed by atoms with Gasteiger partial charge in [0.25, 0.3) is 0 Å². The van der Waals surface area contributed by atoms with E-state index in [2.05, 4.69) is 62.7 Å². The van der Waals surface area contributed by atoms with Gasteiger partial charge in [-0.3, -0.25) is 0 Å². The van der Waals surface area contributed by atoms with Crippen LogP contribution in [-0.2, 0) is 4.74 Å². The van der Waals surface area contributed by atoms with Gasteiger partial charge in [-0.15, -0.1) is 5.73 Å². The van der Waals surface area contributed by atoms with Gasteiger partial charge in [-0.1, -0.05) is 50.9 Å². The van der Waals surface area contributed by atoms with Crippen LogP contribution in [0.25, 0.3) is 0 Å². The van der Waals surface area contributed by atoms with Gasteiger partial charge in [-0.05, 0) is 50.0 Å². The Bertz CT molecular complexity index is 371. The van der Waals surface area contributed by atoms with E-state index in [1.165, 1.54) is 12.8 Å². The summed E-state index contributed by atoms with van der Waals surface area (Å²) in [4.78, 5) is 2.27. The van der Waals surface area contributed by atoms with Gasteiger partial charge >= 0.3 is 0 Å². The number of rotatable bonds is 3. The molecule has 0 aromatic carbocycles. The number of hydrogen-bond acceptors (Lipinski definition) is 1. The fourth-order valence-corrected chi connectivity index (χ4v) is 3.62. The third-order valence-corrected chi connectivity index (χ3v) is 5.68. The van der Waals surface area contributed by atoms with E-state index in [0.29, 0.717) is 28.9 Å². The van der Waals surface area contributed by atoms with Gasteiger partial charge in [0.05, 0.1) is 12.2 Å². The molecule has 0 N–H and O–H groups in total. The van der Waals surface area contributed by atoms with Crippen LogP contribution in [0.4, 0.5) is 0 Å². The van der Waals surface area contributed by atoms with Gasteiger partial charge in [0.2, 0.25) is 0 Å². The maximum Gasteiger partial charge on any atom is 0.0738 e. The third-order valence-electron chi connectivity index (χ3n) is 4.18. The quantitative estimate of drug-likeness (QED) is 0.359. The van der Waals surface area contributed by atoms with Crippen molar-refractivity contribution in [1.82, 2.24) is 0 Å². The van der Waals surface area contributed by atoms with E-state index in [1.807, 2.05) is 4.99 Å². The zero-order valence-electron chi connectivity index (χ0n) is 11.4. The molecule has 1 fully saturated rings. The number of alkyl halides is 1. The highest BCUT2D eigenvalue weighted by molar-refractivity contribution is 9.11. The van der Waals surface area contributed by atoms with Crippen LogP contribution in [0.3, 0.4) is 0 Å². The zero-order chi connectivity index (χ0) is 13.7. The molecule has 0 radical (unpaired) electrons. The monoisotopic (exact) mass is 388 g/mol. The predicted molar refractivity (Wildman–Crippen MR) is 87.8 cm³/mol. The average Bonchev–Trinajstić information content (AvgIpc) is 2.77. The number of allylic oxidation sites excluding steroid dienone is 2. The average molecular weight is 390 g/mol. The summed E-state index contributed by atoms with van der Waals surface area (Å²) < 4.78 is 6.41. The molecular formula is C16H22Br2O. The number of fused-ring (bicyclic) bond motifs is 1. The summed E-state index contributed by atoms with van der Waals surface area (Å²) in [5, 5.41) is 0. The second-order valence-electron chi connectivity index (χ2n) is 5.51. The SMILES string of the molecule is CCC(Br)C1CC=CCC2CC(C=C=CBr)CC2O1. The molecule has 1 aliphatic heterocycles. The molecule has 5 unspecified atom stereocenters. The molecule has 1 nitrogen and oxygen atoms in total. The molecule has 0 spiro atoms. The van der Waals surface area contributed by atoms with Gasteiger partial charge in [-0.2, -0.15) is 0 Å². The van der Waals surface area contributed by atoms with Crippen LogP contribution in [0.1, 0.15) is 39.0 Å². The molecule has 106 valence electrons. The van der Waals surface area contributed by atoms with Crippen molar-refractivity contribution in [1.29, 1.82) is 0 Å². The van der Waals surface area contributed by atoms with Crippen LogP contribution in [0, 0.1) is 11.8 Å². The van der Waals surface area contributed by atoms with Gasteiger partial charge in [0.1, 0.15) is 0 Å². The Hall–Kier alpha value is 0.180. The second-order valence-corrected chi connectivity index (χ2v) is 7.15. The van der Waals surface area contributed by atoms with E-state index in [9.17, 15) is 0 Å². The zero-order valence-corrected chi connectivity index (χ0v) is 14.6. The molecule has 2 rings (SSSR count). The summed E-state index contributed by atoms with van der Waals surface area (Å²) in [6, 6.07) is 0. The molecule has 0 aromatic heterocycles. The van der Waals surface area contributed by atoms with E-state index < -0.39 is 0 Å². The minimum atomic E-state index is 0.323. The Morgan fingerprint density at radius 1 is 1.37 bits per heavy atom. The van der Waals surface area contributed by atoms with Gasteiger partial charge < -0.3 is 4.74 Å². The molecule has 0 amide bonds. The van der Waals surface area contributed by atoms with Crippen molar-refractivity contribution in [2.45, 2.75) is 56.1 Å². The van der Waals surface area contributed by atoms with E-state index in [0.717, 1.165) is 19.3 Å². The first kappa shape index (κ1) is 15.6. The molecule has 0 bridgehead atoms. The van der Waals surface area contributed by atoms with Crippen molar-refractivity contribution in [3.63, 3.8) is 0 Å². The first-order chi connectivity index (χ1) is 9.24. The van der Waals surface area contributed by atoms with Gasteiger partial charge in [-0.25, -0.2) is 0 Å². The van der Waals surface area contributed by atoms with Crippen LogP contribution in [0.5, 0.6) is 0 Å². The molecule has 1 saturated carbocycles. The van der Waals surface area contributed by atoms with E-state index in [-0.39, 0.29) is 0 Å². The smallest absolute Gasteiger partial charge is 0.0738 e. The van der Waals surface area contributed by atoms with Crippen molar-refractivity contribution in [2.75, 3.05) is 0 Å². The van der Waals surface area contributed by atoms with Crippen LogP contribution in [-0.4, -0.2) is 17.0 Å². The maximum atomic E-state index is 6.41. The molecule has 2 aliphatic rings. The Balaban J connectivity index is 2.04. The fourth-order valence-electron chi connectivity index (χ4n) is 3.13. The molecule has 19 heavy (non-hydrogen) atoms. The lowest BCUT2D eigenvalue weighted by Crippen LogP contribution is -2.31. The Kier molecular flexibility index (Phi) is 6.41. The minimum absolute atomic E-state index is 0.323. The summed E-state index contributed by atoms with van der Waals surface area (Å²) in [6.45, 7) is 2.21. The van der Waals surface area contributed by atoms with E-state index in [4.69, 9.17) is 4.74 Å². The van der Waals surface area contributed by atoms with Crippen LogP contribution < -0.4 is 0 Å². The summed E-state index contributed by atoms with van der Waals surface area (Å²) in [5.74, 6) is 1.29. The highest BCUT2D eigenvalue weighted by Gasteiger charge is 2.36. The van der Waals surface area contributed by atoms with Crippen LogP contribution in [0.15, 0.2) is 28.9 Å². The lowest BCUT2D eigenvalue weighted by atomic mass is 9.97. The number of halogens is 2. The molecule has 1 aliphatic carbocycles. The first-order valence-corrected chi connectivity index (χ1v) is 9.03. The summed E-state index contributed by atoms with van der Waals surface area (Å²) >= 11 is 7.04. The normalized spacial score (nSPS) is 35.7. The lowest BCUT2D eigenvalue weighted by Gasteiger charge is -2.29. The maximum absolute atomic E-state index is 6.41. The number of hydrogen-bond donors (Lipinski definition) is 0. The summed E-state index contributed by atoms with van der Waals surface area (Å²) in [6.07, 6.45) is 13.3. The Labute approximate surface area is 133 Å². The number of ether oxygens (including phenoxy) is 1. The topological polar surface area (TPSA) is 9.23 Å². The largest absolute Gasteiger partial charge is 0.373 e. The van der Waals surface area contributed by atoms with Gasteiger partial charge in [0.15, 0.2) is 0 Å². The highest BCUT2D eigenvalue weighted by Crippen LogP contribution is 2.39. The standard InChI is InChI=1S/C16H22Br2O/c1-2-14(18)15-8-4-3-7-13-10-12(6-5-9-17)11-16(13)19-15/h3-4,6,9,12-16H,2,7-8,10-11H2,1H3. The van der Waals surface area contributed by atoms with Crippen LogP contribution in [0.2, 0.25) is 0 Å². The molecule has 3 heteroatoms. The molecule has 1 heterocycles. The van der Waals surface area contributed by atoms with Crippen molar-refractivity contribution in [2.24, 2.45) is 11.8 Å². The first-order valence-electron chi connectivity index (χ1n) is 7.20. The second kappa shape index (κ2) is 7.83. The highest BCUT2D eigenvalue weighted by atomic mass is 79.9. The predicted octanol–water partition coefficient (Wildman–Crippen LogP) is 5.35. The summed E-state index contributed by atoms with van der Waals surface area (Å²) in [5.41, 5.74) is 3.16. The molecular weight excluding hydrogens is 368 g/mol. The van der Waals surface area contributed by atoms with Crippen LogP contribution >= 0.6 is 31.9 Å². The molecule has 0 saturated heterocycles. The van der Waals surface area contributed by atoms with Crippen molar-refractivity contribution >= 4 is 31.9 Å². The molecule has 5 atom stereocenters. The van der Waals surface area contributed by atoms with E-state index in [1.54, 1.807) is 0 Å².